The summed E-state index contributed by atoms with van der Waals surface area (Å²) in [4.78, 5) is 10.1. The molecule has 0 atom stereocenters. The molecule has 120 valence electrons. The normalized spacial score (nSPS) is 19.7. The van der Waals surface area contributed by atoms with Gasteiger partial charge < -0.3 is 14.8 Å². The maximum atomic E-state index is 13.2. The Hall–Kier alpha value is -1.83. The van der Waals surface area contributed by atoms with Crippen LogP contribution in [-0.4, -0.2) is 37.1 Å². The molecule has 1 aromatic heterocycles. The van der Waals surface area contributed by atoms with Crippen molar-refractivity contribution in [3.63, 3.8) is 0 Å². The van der Waals surface area contributed by atoms with Crippen molar-refractivity contribution < 1.29 is 13.9 Å². The minimum absolute atomic E-state index is 0.259. The number of hydrogen-bond donors (Lipinski definition) is 1. The van der Waals surface area contributed by atoms with E-state index in [9.17, 15) is 4.39 Å². The Morgan fingerprint density at radius 2 is 1.96 bits per heavy atom. The van der Waals surface area contributed by atoms with Crippen LogP contribution in [0.15, 0.2) is 29.3 Å². The molecule has 0 amide bonds. The number of hydrogen-bond acceptors (Lipinski definition) is 6. The number of rotatable bonds is 3. The summed E-state index contributed by atoms with van der Waals surface area (Å²) in [7, 11) is 0. The second-order valence-electron chi connectivity index (χ2n) is 5.50. The van der Waals surface area contributed by atoms with Crippen molar-refractivity contribution >= 4 is 17.2 Å². The van der Waals surface area contributed by atoms with Crippen LogP contribution in [0.5, 0.6) is 0 Å². The lowest BCUT2D eigenvalue weighted by molar-refractivity contribution is -0.149. The van der Waals surface area contributed by atoms with E-state index in [0.29, 0.717) is 13.2 Å². The molecule has 4 rings (SSSR count). The minimum Gasteiger partial charge on any atom is -0.367 e. The van der Waals surface area contributed by atoms with Crippen LogP contribution in [0.3, 0.4) is 0 Å². The monoisotopic (exact) mass is 333 g/mol. The maximum absolute atomic E-state index is 13.2. The summed E-state index contributed by atoms with van der Waals surface area (Å²) in [5, 5.41) is 4.00. The zero-order chi connectivity index (χ0) is 15.9. The van der Waals surface area contributed by atoms with Crippen molar-refractivity contribution in [1.29, 1.82) is 0 Å². The molecule has 7 heteroatoms. The summed E-state index contributed by atoms with van der Waals surface area (Å²) >= 11 is 1.50. The van der Waals surface area contributed by atoms with Gasteiger partial charge in [-0.2, -0.15) is 0 Å². The molecule has 0 unspecified atom stereocenters. The van der Waals surface area contributed by atoms with Crippen LogP contribution < -0.4 is 5.32 Å². The zero-order valence-electron chi connectivity index (χ0n) is 12.6. The molecule has 1 aromatic carbocycles. The van der Waals surface area contributed by atoms with E-state index in [-0.39, 0.29) is 5.82 Å². The molecule has 0 spiro atoms. The van der Waals surface area contributed by atoms with Crippen molar-refractivity contribution in [1.82, 2.24) is 10.3 Å². The van der Waals surface area contributed by atoms with Crippen LogP contribution in [-0.2, 0) is 15.3 Å². The second kappa shape index (κ2) is 5.67. The molecule has 2 aliphatic heterocycles. The summed E-state index contributed by atoms with van der Waals surface area (Å²) in [6.07, 6.45) is 0. The number of aromatic nitrogens is 1. The van der Waals surface area contributed by atoms with Crippen LogP contribution in [0.1, 0.15) is 17.6 Å². The van der Waals surface area contributed by atoms with E-state index in [4.69, 9.17) is 14.5 Å². The van der Waals surface area contributed by atoms with Gasteiger partial charge in [0.2, 0.25) is 5.79 Å². The van der Waals surface area contributed by atoms with E-state index >= 15 is 0 Å². The number of ether oxygens (including phenoxy) is 2. The molecule has 0 bridgehead atoms. The molecule has 2 aliphatic rings. The highest BCUT2D eigenvalue weighted by Crippen LogP contribution is 2.39. The van der Waals surface area contributed by atoms with Gasteiger partial charge in [-0.05, 0) is 24.6 Å². The molecule has 0 saturated carbocycles. The third-order valence-corrected chi connectivity index (χ3v) is 5.15. The van der Waals surface area contributed by atoms with Gasteiger partial charge in [0, 0.05) is 6.54 Å². The molecule has 1 saturated heterocycles. The average molecular weight is 333 g/mol. The molecule has 0 aliphatic carbocycles. The topological polar surface area (TPSA) is 55.7 Å². The van der Waals surface area contributed by atoms with Crippen LogP contribution >= 0.6 is 11.3 Å². The predicted octanol–water partition coefficient (Wildman–Crippen LogP) is 2.52. The average Bonchev–Trinajstić information content (AvgIpc) is 3.28. The molecule has 3 heterocycles. The van der Waals surface area contributed by atoms with Gasteiger partial charge in [0.25, 0.3) is 0 Å². The summed E-state index contributed by atoms with van der Waals surface area (Å²) < 4.78 is 24.7. The molecule has 5 nitrogen and oxygen atoms in total. The van der Waals surface area contributed by atoms with Gasteiger partial charge in [0.1, 0.15) is 17.3 Å². The number of thiazole rings is 1. The summed E-state index contributed by atoms with van der Waals surface area (Å²) in [6, 6.07) is 6.41. The third kappa shape index (κ3) is 2.65. The van der Waals surface area contributed by atoms with Gasteiger partial charge in [0.15, 0.2) is 5.01 Å². The lowest BCUT2D eigenvalue weighted by atomic mass is 10.1. The Balaban J connectivity index is 1.82. The first-order valence-corrected chi connectivity index (χ1v) is 8.31. The molecule has 1 fully saturated rings. The first kappa shape index (κ1) is 14.7. The number of nitrogens with zero attached hydrogens (tertiary/aromatic N) is 2. The van der Waals surface area contributed by atoms with Crippen molar-refractivity contribution in [2.24, 2.45) is 4.99 Å². The molecule has 1 N–H and O–H groups in total. The fourth-order valence-corrected chi connectivity index (χ4v) is 3.79. The van der Waals surface area contributed by atoms with Gasteiger partial charge in [-0.25, -0.2) is 9.37 Å². The van der Waals surface area contributed by atoms with Gasteiger partial charge in [-0.3, -0.25) is 4.99 Å². The van der Waals surface area contributed by atoms with Gasteiger partial charge in [0.05, 0.1) is 24.6 Å². The third-order valence-electron chi connectivity index (χ3n) is 3.86. The highest BCUT2D eigenvalue weighted by atomic mass is 32.1. The molecular weight excluding hydrogens is 317 g/mol. The maximum Gasteiger partial charge on any atom is 0.219 e. The van der Waals surface area contributed by atoms with Crippen LogP contribution in [0.25, 0.3) is 10.4 Å². The van der Waals surface area contributed by atoms with Gasteiger partial charge in [-0.15, -0.1) is 11.3 Å². The SMILES string of the molecule is CC1(c2nc(C3=NCCN3)c(-c3ccc(F)cc3)s2)OCCO1. The van der Waals surface area contributed by atoms with Gasteiger partial charge in [-0.1, -0.05) is 12.1 Å². The lowest BCUT2D eigenvalue weighted by Crippen LogP contribution is -2.24. The van der Waals surface area contributed by atoms with Crippen molar-refractivity contribution in [3.05, 3.63) is 40.8 Å². The van der Waals surface area contributed by atoms with E-state index in [2.05, 4.69) is 10.3 Å². The Morgan fingerprint density at radius 3 is 2.61 bits per heavy atom. The predicted molar refractivity (Wildman–Crippen MR) is 86.2 cm³/mol. The minimum atomic E-state index is -0.823. The largest absolute Gasteiger partial charge is 0.367 e. The lowest BCUT2D eigenvalue weighted by Gasteiger charge is -2.18. The fourth-order valence-electron chi connectivity index (χ4n) is 2.67. The van der Waals surface area contributed by atoms with E-state index in [1.807, 2.05) is 6.92 Å². The number of amidine groups is 1. The van der Waals surface area contributed by atoms with Crippen molar-refractivity contribution in [3.8, 4) is 10.4 Å². The summed E-state index contributed by atoms with van der Waals surface area (Å²) in [6.45, 7) is 4.51. The molecule has 0 radical (unpaired) electrons. The Kier molecular flexibility index (Phi) is 3.63. The molecule has 2 aromatic rings. The van der Waals surface area contributed by atoms with Crippen molar-refractivity contribution in [2.75, 3.05) is 26.3 Å². The highest BCUT2D eigenvalue weighted by Gasteiger charge is 2.38. The highest BCUT2D eigenvalue weighted by molar-refractivity contribution is 7.15. The van der Waals surface area contributed by atoms with Crippen LogP contribution in [0.4, 0.5) is 4.39 Å². The number of nitrogens with one attached hydrogen (secondary N) is 1. The van der Waals surface area contributed by atoms with E-state index < -0.39 is 5.79 Å². The smallest absolute Gasteiger partial charge is 0.219 e. The number of aliphatic imine (C=N–C) groups is 1. The van der Waals surface area contributed by atoms with E-state index in [0.717, 1.165) is 40.1 Å². The second-order valence-corrected chi connectivity index (χ2v) is 6.50. The summed E-state index contributed by atoms with van der Waals surface area (Å²) in [5.41, 5.74) is 1.68. The van der Waals surface area contributed by atoms with Gasteiger partial charge >= 0.3 is 0 Å². The fraction of sp³-hybridized carbons (Fsp3) is 0.375. The molecular formula is C16H16FN3O2S. The quantitative estimate of drug-likeness (QED) is 0.938. The first-order valence-electron chi connectivity index (χ1n) is 7.49. The zero-order valence-corrected chi connectivity index (χ0v) is 13.5. The summed E-state index contributed by atoms with van der Waals surface area (Å²) in [5.74, 6) is -0.309. The number of benzene rings is 1. The Morgan fingerprint density at radius 1 is 1.22 bits per heavy atom. The van der Waals surface area contributed by atoms with E-state index in [1.54, 1.807) is 12.1 Å². The van der Waals surface area contributed by atoms with Crippen LogP contribution in [0, 0.1) is 5.82 Å². The Labute approximate surface area is 137 Å². The first-order chi connectivity index (χ1) is 11.2. The number of halogens is 1. The van der Waals surface area contributed by atoms with E-state index in [1.165, 1.54) is 23.5 Å². The standard InChI is InChI=1S/C16H16FN3O2S/c1-16(21-8-9-22-16)15-20-12(14-18-6-7-19-14)13(23-15)10-2-4-11(17)5-3-10/h2-5H,6-9H2,1H3,(H,18,19). The Bertz CT molecular complexity index is 751. The molecule has 23 heavy (non-hydrogen) atoms. The van der Waals surface area contributed by atoms with Crippen LogP contribution in [0.2, 0.25) is 0 Å². The van der Waals surface area contributed by atoms with Crippen molar-refractivity contribution in [2.45, 2.75) is 12.7 Å².